The highest BCUT2D eigenvalue weighted by Crippen LogP contribution is 2.37. The molecule has 2 atom stereocenters. The van der Waals surface area contributed by atoms with Gasteiger partial charge >= 0.3 is 0 Å². The monoisotopic (exact) mass is 461 g/mol. The minimum Gasteiger partial charge on any atom is -0.485 e. The molecule has 1 aromatic heterocycles. The first-order chi connectivity index (χ1) is 14.6. The van der Waals surface area contributed by atoms with Gasteiger partial charge in [0.05, 0.1) is 13.2 Å². The van der Waals surface area contributed by atoms with Gasteiger partial charge in [-0.25, -0.2) is 4.98 Å². The van der Waals surface area contributed by atoms with Gasteiger partial charge in [-0.2, -0.15) is 0 Å². The number of nitrogens with zero attached hydrogens (tertiary/aromatic N) is 1. The number of aliphatic hydroxyl groups excluding tert-OH is 1. The SMILES string of the molecule is Cl.N[C@@H](CO)C(=O)NCc1cnc(Oc2ccc3c(c2)CCC(c2ccccc2)O3)s1. The van der Waals surface area contributed by atoms with Crippen LogP contribution < -0.4 is 20.5 Å². The number of aromatic nitrogens is 1. The van der Waals surface area contributed by atoms with Crippen molar-refractivity contribution in [3.63, 3.8) is 0 Å². The molecular weight excluding hydrogens is 438 g/mol. The van der Waals surface area contributed by atoms with Crippen molar-refractivity contribution in [3.05, 3.63) is 70.7 Å². The number of ether oxygens (including phenoxy) is 2. The molecule has 2 aromatic carbocycles. The lowest BCUT2D eigenvalue weighted by atomic mass is 9.97. The van der Waals surface area contributed by atoms with Crippen LogP contribution in [0.1, 0.15) is 28.5 Å². The molecule has 0 bridgehead atoms. The molecule has 0 fully saturated rings. The number of aliphatic hydroxyl groups is 1. The molecule has 0 aliphatic carbocycles. The standard InChI is InChI=1S/C22H23N3O4S.ClH/c23-18(13-26)21(27)24-11-17-12-25-22(30-17)28-16-7-9-20-15(10-16)6-8-19(29-20)14-4-2-1-3-5-14;/h1-5,7,9-10,12,18-19,26H,6,8,11,13,23H2,(H,24,27);1H/t18-,19?;/m0./s1. The van der Waals surface area contributed by atoms with Crippen molar-refractivity contribution in [1.29, 1.82) is 0 Å². The van der Waals surface area contributed by atoms with Crippen molar-refractivity contribution in [1.82, 2.24) is 10.3 Å². The second-order valence-corrected chi connectivity index (χ2v) is 8.10. The van der Waals surface area contributed by atoms with E-state index in [1.54, 1.807) is 6.20 Å². The summed E-state index contributed by atoms with van der Waals surface area (Å²) in [6, 6.07) is 15.1. The van der Waals surface area contributed by atoms with Crippen LogP contribution in [0.25, 0.3) is 0 Å². The predicted molar refractivity (Wildman–Crippen MR) is 121 cm³/mol. The number of amides is 1. The number of nitrogens with two attached hydrogens (primary N) is 1. The number of nitrogens with one attached hydrogen (secondary N) is 1. The molecule has 0 saturated heterocycles. The van der Waals surface area contributed by atoms with Gasteiger partial charge in [0.25, 0.3) is 5.19 Å². The van der Waals surface area contributed by atoms with Crippen molar-refractivity contribution in [3.8, 4) is 16.7 Å². The zero-order chi connectivity index (χ0) is 20.9. The van der Waals surface area contributed by atoms with Gasteiger partial charge in [-0.15, -0.1) is 12.4 Å². The lowest BCUT2D eigenvalue weighted by Crippen LogP contribution is -2.42. The molecule has 1 unspecified atom stereocenters. The number of halogens is 1. The summed E-state index contributed by atoms with van der Waals surface area (Å²) < 4.78 is 12.1. The number of hydrogen-bond donors (Lipinski definition) is 3. The molecule has 31 heavy (non-hydrogen) atoms. The van der Waals surface area contributed by atoms with E-state index in [4.69, 9.17) is 20.3 Å². The molecule has 1 aliphatic heterocycles. The van der Waals surface area contributed by atoms with Crippen molar-refractivity contribution in [2.24, 2.45) is 5.73 Å². The van der Waals surface area contributed by atoms with Gasteiger partial charge in [0.1, 0.15) is 23.6 Å². The average Bonchev–Trinajstić information content (AvgIpc) is 3.24. The molecule has 2 heterocycles. The Kier molecular flexibility index (Phi) is 7.86. The van der Waals surface area contributed by atoms with Gasteiger partial charge in [0.2, 0.25) is 5.91 Å². The van der Waals surface area contributed by atoms with E-state index in [1.807, 2.05) is 36.4 Å². The number of hydrogen-bond acceptors (Lipinski definition) is 7. The fourth-order valence-electron chi connectivity index (χ4n) is 3.24. The lowest BCUT2D eigenvalue weighted by molar-refractivity contribution is -0.123. The van der Waals surface area contributed by atoms with Gasteiger partial charge in [-0.05, 0) is 42.2 Å². The van der Waals surface area contributed by atoms with Gasteiger partial charge in [0, 0.05) is 11.1 Å². The molecule has 7 nitrogen and oxygen atoms in total. The quantitative estimate of drug-likeness (QED) is 0.498. The van der Waals surface area contributed by atoms with Gasteiger partial charge in [-0.3, -0.25) is 4.79 Å². The van der Waals surface area contributed by atoms with Crippen molar-refractivity contribution in [2.45, 2.75) is 31.5 Å². The molecule has 1 aliphatic rings. The number of rotatable bonds is 7. The Bertz CT molecular complexity index is 1020. The molecule has 0 spiro atoms. The molecule has 4 N–H and O–H groups in total. The van der Waals surface area contributed by atoms with Gasteiger partial charge < -0.3 is 25.6 Å². The fraction of sp³-hybridized carbons (Fsp3) is 0.273. The normalized spacial score (nSPS) is 15.7. The first kappa shape index (κ1) is 23.0. The second-order valence-electron chi connectivity index (χ2n) is 7.03. The van der Waals surface area contributed by atoms with E-state index in [0.717, 1.165) is 29.0 Å². The van der Waals surface area contributed by atoms with Crippen LogP contribution in [0, 0.1) is 0 Å². The molecule has 0 radical (unpaired) electrons. The number of benzene rings is 2. The summed E-state index contributed by atoms with van der Waals surface area (Å²) in [6.45, 7) is -0.108. The molecule has 0 saturated carbocycles. The van der Waals surface area contributed by atoms with E-state index in [2.05, 4.69) is 22.4 Å². The van der Waals surface area contributed by atoms with E-state index in [9.17, 15) is 4.79 Å². The maximum absolute atomic E-state index is 11.6. The summed E-state index contributed by atoms with van der Waals surface area (Å²) in [6.07, 6.45) is 3.54. The Balaban J connectivity index is 0.00000272. The summed E-state index contributed by atoms with van der Waals surface area (Å²) in [5.74, 6) is 1.17. The molecule has 9 heteroatoms. The Labute approximate surface area is 190 Å². The highest BCUT2D eigenvalue weighted by atomic mass is 35.5. The van der Waals surface area contributed by atoms with Crippen LogP contribution >= 0.6 is 23.7 Å². The average molecular weight is 462 g/mol. The first-order valence-corrected chi connectivity index (χ1v) is 10.6. The maximum atomic E-state index is 11.6. The van der Waals surface area contributed by atoms with Crippen LogP contribution in [0.15, 0.2) is 54.7 Å². The summed E-state index contributed by atoms with van der Waals surface area (Å²) in [5, 5.41) is 12.1. The predicted octanol–water partition coefficient (Wildman–Crippen LogP) is 3.36. The largest absolute Gasteiger partial charge is 0.485 e. The molecule has 1 amide bonds. The number of carbonyl (C=O) groups is 1. The molecule has 164 valence electrons. The zero-order valence-corrected chi connectivity index (χ0v) is 18.3. The Morgan fingerprint density at radius 1 is 1.32 bits per heavy atom. The van der Waals surface area contributed by atoms with Gasteiger partial charge in [0.15, 0.2) is 0 Å². The fourth-order valence-corrected chi connectivity index (χ4v) is 3.96. The third-order valence-electron chi connectivity index (χ3n) is 4.86. The third-order valence-corrected chi connectivity index (χ3v) is 5.73. The van der Waals surface area contributed by atoms with Crippen LogP contribution in [-0.2, 0) is 17.8 Å². The summed E-state index contributed by atoms with van der Waals surface area (Å²) >= 11 is 1.34. The minimum absolute atomic E-state index is 0. The highest BCUT2D eigenvalue weighted by molar-refractivity contribution is 7.13. The zero-order valence-electron chi connectivity index (χ0n) is 16.7. The van der Waals surface area contributed by atoms with E-state index >= 15 is 0 Å². The Morgan fingerprint density at radius 2 is 2.13 bits per heavy atom. The van der Waals surface area contributed by atoms with Crippen molar-refractivity contribution in [2.75, 3.05) is 6.61 Å². The van der Waals surface area contributed by atoms with E-state index in [1.165, 1.54) is 16.9 Å². The number of carbonyl (C=O) groups excluding carboxylic acids is 1. The summed E-state index contributed by atoms with van der Waals surface area (Å²) in [4.78, 5) is 16.7. The Morgan fingerprint density at radius 3 is 2.90 bits per heavy atom. The van der Waals surface area contributed by atoms with Crippen LogP contribution in [0.2, 0.25) is 0 Å². The maximum Gasteiger partial charge on any atom is 0.278 e. The van der Waals surface area contributed by atoms with Crippen LogP contribution in [0.4, 0.5) is 0 Å². The topological polar surface area (TPSA) is 107 Å². The lowest BCUT2D eigenvalue weighted by Gasteiger charge is -2.26. The number of thiazole rings is 1. The van der Waals surface area contributed by atoms with Crippen LogP contribution in [-0.4, -0.2) is 28.6 Å². The van der Waals surface area contributed by atoms with E-state index in [-0.39, 0.29) is 25.1 Å². The molecule has 3 aromatic rings. The smallest absolute Gasteiger partial charge is 0.278 e. The Hall–Kier alpha value is -2.65. The summed E-state index contributed by atoms with van der Waals surface area (Å²) in [5.41, 5.74) is 7.77. The molecule has 4 rings (SSSR count). The van der Waals surface area contributed by atoms with Crippen molar-refractivity contribution >= 4 is 29.7 Å². The first-order valence-electron chi connectivity index (χ1n) is 9.73. The van der Waals surface area contributed by atoms with E-state index in [0.29, 0.717) is 10.9 Å². The van der Waals surface area contributed by atoms with Crippen molar-refractivity contribution < 1.29 is 19.4 Å². The van der Waals surface area contributed by atoms with E-state index < -0.39 is 18.6 Å². The second kappa shape index (κ2) is 10.6. The van der Waals surface area contributed by atoms with Crippen LogP contribution in [0.5, 0.6) is 16.7 Å². The third kappa shape index (κ3) is 5.74. The van der Waals surface area contributed by atoms with Crippen LogP contribution in [0.3, 0.4) is 0 Å². The number of fused-ring (bicyclic) bond motifs is 1. The number of aryl methyl sites for hydroxylation is 1. The molecular formula is C22H24ClN3O4S. The van der Waals surface area contributed by atoms with Gasteiger partial charge in [-0.1, -0.05) is 41.7 Å². The highest BCUT2D eigenvalue weighted by Gasteiger charge is 2.22. The summed E-state index contributed by atoms with van der Waals surface area (Å²) in [7, 11) is 0. The minimum atomic E-state index is -0.923.